The summed E-state index contributed by atoms with van der Waals surface area (Å²) in [7, 11) is 0. The molecule has 0 aromatic heterocycles. The summed E-state index contributed by atoms with van der Waals surface area (Å²) in [5.74, 6) is 0.00809. The number of aliphatic hydroxyl groups excluding tert-OH is 1. The second-order valence-electron chi connectivity index (χ2n) is 4.58. The summed E-state index contributed by atoms with van der Waals surface area (Å²) in [4.78, 5) is 21.8. The van der Waals surface area contributed by atoms with E-state index in [1.807, 2.05) is 13.8 Å². The third-order valence-electron chi connectivity index (χ3n) is 3.13. The summed E-state index contributed by atoms with van der Waals surface area (Å²) >= 11 is 0. The molecule has 1 rings (SSSR count). The molecule has 0 aliphatic heterocycles. The summed E-state index contributed by atoms with van der Waals surface area (Å²) in [5, 5.41) is 22.7. The Labute approximate surface area is 123 Å². The standard InChI is InChI=1S/C14H20N2O5/c1-3-11(4-2)15-14(18)9-21-13-6-5-12(16(19)20)7-10(13)8-17/h5-7,11,17H,3-4,8-9H2,1-2H3,(H,15,18). The van der Waals surface area contributed by atoms with Crippen LogP contribution in [0.5, 0.6) is 5.75 Å². The van der Waals surface area contributed by atoms with Gasteiger partial charge in [-0.25, -0.2) is 0 Å². The summed E-state index contributed by atoms with van der Waals surface area (Å²) in [6.45, 7) is 3.37. The number of non-ortho nitro benzene ring substituents is 1. The number of nitrogens with zero attached hydrogens (tertiary/aromatic N) is 1. The minimum Gasteiger partial charge on any atom is -0.483 e. The number of aliphatic hydroxyl groups is 1. The van der Waals surface area contributed by atoms with Crippen molar-refractivity contribution in [2.45, 2.75) is 39.3 Å². The first-order chi connectivity index (χ1) is 10.0. The molecule has 0 fully saturated rings. The van der Waals surface area contributed by atoms with Crippen LogP contribution in [0.3, 0.4) is 0 Å². The van der Waals surface area contributed by atoms with E-state index in [2.05, 4.69) is 5.32 Å². The number of hydrogen-bond acceptors (Lipinski definition) is 5. The fourth-order valence-corrected chi connectivity index (χ4v) is 1.85. The van der Waals surface area contributed by atoms with Gasteiger partial charge < -0.3 is 15.2 Å². The number of hydrogen-bond donors (Lipinski definition) is 2. The second kappa shape index (κ2) is 8.21. The van der Waals surface area contributed by atoms with Crippen LogP contribution >= 0.6 is 0 Å². The van der Waals surface area contributed by atoms with E-state index >= 15 is 0 Å². The van der Waals surface area contributed by atoms with Crippen LogP contribution in [-0.4, -0.2) is 28.6 Å². The van der Waals surface area contributed by atoms with Gasteiger partial charge in [-0.3, -0.25) is 14.9 Å². The molecule has 1 amide bonds. The maximum atomic E-state index is 11.7. The molecule has 2 N–H and O–H groups in total. The van der Waals surface area contributed by atoms with E-state index in [0.717, 1.165) is 12.8 Å². The lowest BCUT2D eigenvalue weighted by Gasteiger charge is -2.15. The van der Waals surface area contributed by atoms with Gasteiger partial charge in [-0.2, -0.15) is 0 Å². The summed E-state index contributed by atoms with van der Waals surface area (Å²) < 4.78 is 5.32. The smallest absolute Gasteiger partial charge is 0.270 e. The molecule has 116 valence electrons. The van der Waals surface area contributed by atoms with E-state index in [1.165, 1.54) is 18.2 Å². The van der Waals surface area contributed by atoms with Crippen LogP contribution in [0.15, 0.2) is 18.2 Å². The zero-order valence-corrected chi connectivity index (χ0v) is 12.2. The highest BCUT2D eigenvalue weighted by molar-refractivity contribution is 5.77. The lowest BCUT2D eigenvalue weighted by Crippen LogP contribution is -2.37. The van der Waals surface area contributed by atoms with Gasteiger partial charge in [0.1, 0.15) is 5.75 Å². The van der Waals surface area contributed by atoms with E-state index < -0.39 is 11.5 Å². The van der Waals surface area contributed by atoms with E-state index in [0.29, 0.717) is 0 Å². The molecule has 0 heterocycles. The molecule has 21 heavy (non-hydrogen) atoms. The van der Waals surface area contributed by atoms with Crippen molar-refractivity contribution in [3.63, 3.8) is 0 Å². The van der Waals surface area contributed by atoms with Gasteiger partial charge in [0.2, 0.25) is 0 Å². The van der Waals surface area contributed by atoms with Crippen LogP contribution in [0.1, 0.15) is 32.3 Å². The Hall–Kier alpha value is -2.15. The van der Waals surface area contributed by atoms with E-state index in [-0.39, 0.29) is 35.6 Å². The Morgan fingerprint density at radius 2 is 2.10 bits per heavy atom. The molecule has 7 nitrogen and oxygen atoms in total. The molecule has 0 atom stereocenters. The minimum absolute atomic E-state index is 0.107. The SMILES string of the molecule is CCC(CC)NC(=O)COc1ccc([N+](=O)[O-])cc1CO. The number of carbonyl (C=O) groups excluding carboxylic acids is 1. The number of rotatable bonds is 8. The Kier molecular flexibility index (Phi) is 6.61. The first-order valence-electron chi connectivity index (χ1n) is 6.82. The van der Waals surface area contributed by atoms with Gasteiger partial charge in [-0.05, 0) is 18.9 Å². The number of nitrogens with one attached hydrogen (secondary N) is 1. The predicted molar refractivity (Wildman–Crippen MR) is 77.0 cm³/mol. The Balaban J connectivity index is 2.66. The number of ether oxygens (including phenoxy) is 1. The first kappa shape index (κ1) is 16.9. The monoisotopic (exact) mass is 296 g/mol. The molecule has 0 unspecified atom stereocenters. The predicted octanol–water partition coefficient (Wildman–Crippen LogP) is 1.77. The van der Waals surface area contributed by atoms with Crippen LogP contribution in [0, 0.1) is 10.1 Å². The zero-order valence-electron chi connectivity index (χ0n) is 12.2. The largest absolute Gasteiger partial charge is 0.483 e. The summed E-state index contributed by atoms with van der Waals surface area (Å²) in [5.41, 5.74) is 0.146. The topological polar surface area (TPSA) is 102 Å². The highest BCUT2D eigenvalue weighted by Crippen LogP contribution is 2.24. The van der Waals surface area contributed by atoms with Crippen molar-refractivity contribution in [2.24, 2.45) is 0 Å². The van der Waals surface area contributed by atoms with Crippen molar-refractivity contribution < 1.29 is 19.6 Å². The van der Waals surface area contributed by atoms with Crippen LogP contribution < -0.4 is 10.1 Å². The molecule has 0 spiro atoms. The maximum absolute atomic E-state index is 11.7. The van der Waals surface area contributed by atoms with Crippen molar-refractivity contribution in [1.29, 1.82) is 0 Å². The average Bonchev–Trinajstić information content (AvgIpc) is 2.50. The molecule has 0 saturated carbocycles. The van der Waals surface area contributed by atoms with Gasteiger partial charge in [-0.15, -0.1) is 0 Å². The Morgan fingerprint density at radius 3 is 2.62 bits per heavy atom. The highest BCUT2D eigenvalue weighted by atomic mass is 16.6. The maximum Gasteiger partial charge on any atom is 0.270 e. The molecule has 0 aliphatic carbocycles. The molecule has 7 heteroatoms. The van der Waals surface area contributed by atoms with Crippen molar-refractivity contribution in [2.75, 3.05) is 6.61 Å². The van der Waals surface area contributed by atoms with Crippen molar-refractivity contribution in [3.8, 4) is 5.75 Å². The molecule has 0 radical (unpaired) electrons. The number of benzene rings is 1. The lowest BCUT2D eigenvalue weighted by atomic mass is 10.2. The number of amides is 1. The van der Waals surface area contributed by atoms with Crippen LogP contribution in [0.25, 0.3) is 0 Å². The third kappa shape index (κ3) is 5.03. The van der Waals surface area contributed by atoms with Gasteiger partial charge in [0.15, 0.2) is 6.61 Å². The Morgan fingerprint density at radius 1 is 1.43 bits per heavy atom. The van der Waals surface area contributed by atoms with Crippen LogP contribution in [-0.2, 0) is 11.4 Å². The normalized spacial score (nSPS) is 10.5. The number of carbonyl (C=O) groups is 1. The average molecular weight is 296 g/mol. The fourth-order valence-electron chi connectivity index (χ4n) is 1.85. The van der Waals surface area contributed by atoms with E-state index in [4.69, 9.17) is 4.74 Å². The first-order valence-corrected chi connectivity index (χ1v) is 6.82. The van der Waals surface area contributed by atoms with Crippen molar-refractivity contribution in [1.82, 2.24) is 5.32 Å². The van der Waals surface area contributed by atoms with Crippen LogP contribution in [0.4, 0.5) is 5.69 Å². The van der Waals surface area contributed by atoms with Gasteiger partial charge in [0.25, 0.3) is 11.6 Å². The third-order valence-corrected chi connectivity index (χ3v) is 3.13. The fraction of sp³-hybridized carbons (Fsp3) is 0.500. The molecular weight excluding hydrogens is 276 g/mol. The molecule has 0 bridgehead atoms. The molecule has 1 aromatic carbocycles. The lowest BCUT2D eigenvalue weighted by molar-refractivity contribution is -0.385. The van der Waals surface area contributed by atoms with E-state index in [1.54, 1.807) is 0 Å². The number of nitro groups is 1. The quantitative estimate of drug-likeness (QED) is 0.562. The van der Waals surface area contributed by atoms with Gasteiger partial charge >= 0.3 is 0 Å². The minimum atomic E-state index is -0.553. The van der Waals surface area contributed by atoms with Crippen molar-refractivity contribution >= 4 is 11.6 Å². The number of nitro benzene ring substituents is 1. The second-order valence-corrected chi connectivity index (χ2v) is 4.58. The van der Waals surface area contributed by atoms with Gasteiger partial charge in [0, 0.05) is 23.7 Å². The molecule has 0 saturated heterocycles. The summed E-state index contributed by atoms with van der Waals surface area (Å²) in [6, 6.07) is 3.99. The molecular formula is C14H20N2O5. The van der Waals surface area contributed by atoms with Crippen LogP contribution in [0.2, 0.25) is 0 Å². The van der Waals surface area contributed by atoms with Crippen molar-refractivity contribution in [3.05, 3.63) is 33.9 Å². The zero-order chi connectivity index (χ0) is 15.8. The molecule has 1 aromatic rings. The van der Waals surface area contributed by atoms with Gasteiger partial charge in [-0.1, -0.05) is 13.8 Å². The Bertz CT molecular complexity index is 500. The van der Waals surface area contributed by atoms with Gasteiger partial charge in [0.05, 0.1) is 11.5 Å². The summed E-state index contributed by atoms with van der Waals surface area (Å²) in [6.07, 6.45) is 1.67. The van der Waals surface area contributed by atoms with E-state index in [9.17, 15) is 20.0 Å². The highest BCUT2D eigenvalue weighted by Gasteiger charge is 2.13. The molecule has 0 aliphatic rings.